The van der Waals surface area contributed by atoms with E-state index in [4.69, 9.17) is 5.73 Å². The quantitative estimate of drug-likeness (QED) is 0.733. The molecule has 0 radical (unpaired) electrons. The highest BCUT2D eigenvalue weighted by Crippen LogP contribution is 2.21. The zero-order chi connectivity index (χ0) is 10.8. The summed E-state index contributed by atoms with van der Waals surface area (Å²) in [5, 5.41) is 7.46. The Morgan fingerprint density at radius 1 is 1.33 bits per heavy atom. The van der Waals surface area contributed by atoms with E-state index in [-0.39, 0.29) is 0 Å². The molecule has 1 aromatic heterocycles. The molecule has 0 spiro atoms. The molecule has 0 atom stereocenters. The van der Waals surface area contributed by atoms with Crippen LogP contribution in [-0.2, 0) is 7.05 Å². The van der Waals surface area contributed by atoms with Crippen LogP contribution in [0.3, 0.4) is 0 Å². The molecule has 2 aromatic rings. The fourth-order valence-corrected chi connectivity index (χ4v) is 1.39. The summed E-state index contributed by atoms with van der Waals surface area (Å²) in [6.45, 7) is 2.03. The zero-order valence-electron chi connectivity index (χ0n) is 8.86. The molecule has 0 amide bonds. The molecule has 0 unspecified atom stereocenters. The lowest BCUT2D eigenvalue weighted by Crippen LogP contribution is -1.97. The minimum Gasteiger partial charge on any atom is -0.399 e. The van der Waals surface area contributed by atoms with E-state index in [2.05, 4.69) is 10.4 Å². The van der Waals surface area contributed by atoms with Crippen molar-refractivity contribution in [1.82, 2.24) is 9.78 Å². The van der Waals surface area contributed by atoms with E-state index in [9.17, 15) is 0 Å². The average molecular weight is 202 g/mol. The van der Waals surface area contributed by atoms with Gasteiger partial charge in [0.2, 0.25) is 0 Å². The van der Waals surface area contributed by atoms with Crippen molar-refractivity contribution in [3.05, 3.63) is 36.0 Å². The monoisotopic (exact) mass is 202 g/mol. The Bertz CT molecular complexity index is 473. The number of nitrogens with one attached hydrogen (secondary N) is 1. The molecule has 4 nitrogen and oxygen atoms in total. The summed E-state index contributed by atoms with van der Waals surface area (Å²) in [5.74, 6) is 0.825. The molecule has 4 heteroatoms. The summed E-state index contributed by atoms with van der Waals surface area (Å²) in [6, 6.07) is 7.70. The summed E-state index contributed by atoms with van der Waals surface area (Å²) in [7, 11) is 1.89. The van der Waals surface area contributed by atoms with Crippen molar-refractivity contribution in [1.29, 1.82) is 0 Å². The SMILES string of the molecule is Cc1ccc(N)cc1Nc1ccn(C)n1. The average Bonchev–Trinajstić information content (AvgIpc) is 2.58. The number of nitrogen functional groups attached to an aromatic ring is 1. The molecule has 15 heavy (non-hydrogen) atoms. The van der Waals surface area contributed by atoms with Gasteiger partial charge < -0.3 is 11.1 Å². The Labute approximate surface area is 88.7 Å². The molecular formula is C11H14N4. The highest BCUT2D eigenvalue weighted by molar-refractivity contribution is 5.64. The van der Waals surface area contributed by atoms with Gasteiger partial charge >= 0.3 is 0 Å². The Hall–Kier alpha value is -1.97. The van der Waals surface area contributed by atoms with Gasteiger partial charge in [0.15, 0.2) is 5.82 Å². The second-order valence-corrected chi connectivity index (χ2v) is 3.57. The Morgan fingerprint density at radius 2 is 2.13 bits per heavy atom. The molecule has 0 aliphatic carbocycles. The molecule has 2 rings (SSSR count). The number of hydrogen-bond donors (Lipinski definition) is 2. The van der Waals surface area contributed by atoms with Crippen LogP contribution in [-0.4, -0.2) is 9.78 Å². The first-order chi connectivity index (χ1) is 7.15. The number of anilines is 3. The summed E-state index contributed by atoms with van der Waals surface area (Å²) in [4.78, 5) is 0. The predicted molar refractivity (Wildman–Crippen MR) is 62.1 cm³/mol. The number of aryl methyl sites for hydroxylation is 2. The third-order valence-corrected chi connectivity index (χ3v) is 2.24. The van der Waals surface area contributed by atoms with Gasteiger partial charge in [0, 0.05) is 30.7 Å². The maximum Gasteiger partial charge on any atom is 0.152 e. The van der Waals surface area contributed by atoms with Gasteiger partial charge in [-0.25, -0.2) is 0 Å². The van der Waals surface area contributed by atoms with Crippen LogP contribution in [0.15, 0.2) is 30.5 Å². The van der Waals surface area contributed by atoms with Crippen molar-refractivity contribution in [2.45, 2.75) is 6.92 Å². The lowest BCUT2D eigenvalue weighted by Gasteiger charge is -2.07. The number of rotatable bonds is 2. The van der Waals surface area contributed by atoms with Gasteiger partial charge in [-0.05, 0) is 24.6 Å². The van der Waals surface area contributed by atoms with Gasteiger partial charge in [0.1, 0.15) is 0 Å². The Balaban J connectivity index is 2.27. The maximum absolute atomic E-state index is 5.72. The molecule has 0 aliphatic heterocycles. The topological polar surface area (TPSA) is 55.9 Å². The minimum absolute atomic E-state index is 0.749. The molecule has 1 heterocycles. The highest BCUT2D eigenvalue weighted by atomic mass is 15.3. The molecular weight excluding hydrogens is 188 g/mol. The molecule has 0 fully saturated rings. The third kappa shape index (κ3) is 2.10. The summed E-state index contributed by atoms with van der Waals surface area (Å²) in [6.07, 6.45) is 1.89. The Kier molecular flexibility index (Phi) is 2.33. The van der Waals surface area contributed by atoms with Crippen LogP contribution < -0.4 is 11.1 Å². The standard InChI is InChI=1S/C11H14N4/c1-8-3-4-9(12)7-10(8)13-11-5-6-15(2)14-11/h3-7H,12H2,1-2H3,(H,13,14). The predicted octanol–water partition coefficient (Wildman–Crippen LogP) is 2.05. The molecule has 0 aliphatic rings. The zero-order valence-corrected chi connectivity index (χ0v) is 8.86. The second-order valence-electron chi connectivity index (χ2n) is 3.57. The van der Waals surface area contributed by atoms with E-state index in [0.717, 1.165) is 22.8 Å². The van der Waals surface area contributed by atoms with E-state index in [1.807, 2.05) is 44.4 Å². The molecule has 0 saturated carbocycles. The summed E-state index contributed by atoms with van der Waals surface area (Å²) < 4.78 is 1.75. The van der Waals surface area contributed by atoms with Gasteiger partial charge in [0.05, 0.1) is 0 Å². The highest BCUT2D eigenvalue weighted by Gasteiger charge is 2.01. The normalized spacial score (nSPS) is 10.3. The van der Waals surface area contributed by atoms with Crippen LogP contribution in [0.4, 0.5) is 17.2 Å². The van der Waals surface area contributed by atoms with Crippen LogP contribution >= 0.6 is 0 Å². The van der Waals surface area contributed by atoms with Gasteiger partial charge in [0.25, 0.3) is 0 Å². The van der Waals surface area contributed by atoms with Crippen molar-refractivity contribution in [3.63, 3.8) is 0 Å². The van der Waals surface area contributed by atoms with Crippen LogP contribution in [0.25, 0.3) is 0 Å². The second kappa shape index (κ2) is 3.65. The summed E-state index contributed by atoms with van der Waals surface area (Å²) >= 11 is 0. The fraction of sp³-hybridized carbons (Fsp3) is 0.182. The first-order valence-corrected chi connectivity index (χ1v) is 4.78. The van der Waals surface area contributed by atoms with Gasteiger partial charge in [-0.1, -0.05) is 6.07 Å². The van der Waals surface area contributed by atoms with Crippen LogP contribution in [0, 0.1) is 6.92 Å². The number of hydrogen-bond acceptors (Lipinski definition) is 3. The molecule has 0 saturated heterocycles. The fourth-order valence-electron chi connectivity index (χ4n) is 1.39. The van der Waals surface area contributed by atoms with E-state index in [1.54, 1.807) is 4.68 Å². The molecule has 3 N–H and O–H groups in total. The smallest absolute Gasteiger partial charge is 0.152 e. The molecule has 0 bridgehead atoms. The first kappa shape index (κ1) is 9.58. The van der Waals surface area contributed by atoms with Crippen LogP contribution in [0.1, 0.15) is 5.56 Å². The number of benzene rings is 1. The van der Waals surface area contributed by atoms with Crippen molar-refractivity contribution >= 4 is 17.2 Å². The lowest BCUT2D eigenvalue weighted by atomic mass is 10.2. The van der Waals surface area contributed by atoms with E-state index < -0.39 is 0 Å². The van der Waals surface area contributed by atoms with Gasteiger partial charge in [-0.15, -0.1) is 0 Å². The van der Waals surface area contributed by atoms with Crippen LogP contribution in [0.2, 0.25) is 0 Å². The van der Waals surface area contributed by atoms with E-state index in [1.165, 1.54) is 0 Å². The van der Waals surface area contributed by atoms with E-state index in [0.29, 0.717) is 0 Å². The van der Waals surface area contributed by atoms with E-state index >= 15 is 0 Å². The number of aromatic nitrogens is 2. The van der Waals surface area contributed by atoms with Crippen LogP contribution in [0.5, 0.6) is 0 Å². The number of nitrogens with zero attached hydrogens (tertiary/aromatic N) is 2. The maximum atomic E-state index is 5.72. The van der Waals surface area contributed by atoms with Gasteiger partial charge in [-0.3, -0.25) is 4.68 Å². The van der Waals surface area contributed by atoms with Crippen molar-refractivity contribution in [2.75, 3.05) is 11.1 Å². The minimum atomic E-state index is 0.749. The van der Waals surface area contributed by atoms with Crippen molar-refractivity contribution < 1.29 is 0 Å². The lowest BCUT2D eigenvalue weighted by molar-refractivity contribution is 0.771. The van der Waals surface area contributed by atoms with Crippen molar-refractivity contribution in [2.24, 2.45) is 7.05 Å². The first-order valence-electron chi connectivity index (χ1n) is 4.78. The summed E-state index contributed by atoms with van der Waals surface area (Å²) in [5.41, 5.74) is 8.61. The molecule has 1 aromatic carbocycles. The largest absolute Gasteiger partial charge is 0.399 e. The molecule has 78 valence electrons. The Morgan fingerprint density at radius 3 is 2.80 bits per heavy atom. The number of nitrogens with two attached hydrogens (primary N) is 1. The van der Waals surface area contributed by atoms with Gasteiger partial charge in [-0.2, -0.15) is 5.10 Å². The van der Waals surface area contributed by atoms with Crippen molar-refractivity contribution in [3.8, 4) is 0 Å². The third-order valence-electron chi connectivity index (χ3n) is 2.24.